The maximum absolute atomic E-state index is 12.1. The molecule has 0 aliphatic heterocycles. The molecule has 0 radical (unpaired) electrons. The smallest absolute Gasteiger partial charge is 0.275 e. The summed E-state index contributed by atoms with van der Waals surface area (Å²) in [6.07, 6.45) is 3.34. The van der Waals surface area contributed by atoms with Gasteiger partial charge in [-0.2, -0.15) is 5.10 Å². The average molecular weight is 286 g/mol. The number of phenols is 1. The van der Waals surface area contributed by atoms with Crippen molar-refractivity contribution < 1.29 is 9.90 Å². The minimum Gasteiger partial charge on any atom is -0.507 e. The van der Waals surface area contributed by atoms with Gasteiger partial charge < -0.3 is 5.11 Å². The molecule has 2 aliphatic rings. The quantitative estimate of drug-likeness (QED) is 0.819. The molecule has 0 saturated heterocycles. The molecule has 4 heteroatoms. The maximum Gasteiger partial charge on any atom is 0.275 e. The number of hydrazone groups is 1. The molecule has 112 valence electrons. The van der Waals surface area contributed by atoms with E-state index in [-0.39, 0.29) is 28.1 Å². The van der Waals surface area contributed by atoms with E-state index in [0.717, 1.165) is 18.6 Å². The third-order valence-electron chi connectivity index (χ3n) is 5.95. The molecule has 0 spiro atoms. The van der Waals surface area contributed by atoms with E-state index in [1.54, 1.807) is 18.2 Å². The molecule has 0 aromatic heterocycles. The molecular weight excluding hydrogens is 264 g/mol. The van der Waals surface area contributed by atoms with Crippen molar-refractivity contribution in [1.82, 2.24) is 5.43 Å². The molecule has 2 unspecified atom stereocenters. The minimum atomic E-state index is -0.357. The first-order chi connectivity index (χ1) is 9.86. The Morgan fingerprint density at radius 2 is 2.05 bits per heavy atom. The van der Waals surface area contributed by atoms with E-state index in [2.05, 4.69) is 31.3 Å². The fraction of sp³-hybridized carbons (Fsp3) is 0.529. The Morgan fingerprint density at radius 1 is 1.33 bits per heavy atom. The zero-order chi connectivity index (χ0) is 15.3. The zero-order valence-electron chi connectivity index (χ0n) is 12.8. The Labute approximate surface area is 125 Å². The van der Waals surface area contributed by atoms with Gasteiger partial charge in [0.15, 0.2) is 0 Å². The topological polar surface area (TPSA) is 61.7 Å². The van der Waals surface area contributed by atoms with Crippen molar-refractivity contribution in [2.24, 2.45) is 21.8 Å². The van der Waals surface area contributed by atoms with Crippen molar-refractivity contribution in [2.45, 2.75) is 40.0 Å². The van der Waals surface area contributed by atoms with Crippen LogP contribution in [0.4, 0.5) is 0 Å². The van der Waals surface area contributed by atoms with Gasteiger partial charge >= 0.3 is 0 Å². The number of para-hydroxylation sites is 1. The number of aromatic hydroxyl groups is 1. The van der Waals surface area contributed by atoms with E-state index < -0.39 is 0 Å². The van der Waals surface area contributed by atoms with Gasteiger partial charge in [-0.25, -0.2) is 5.43 Å². The summed E-state index contributed by atoms with van der Waals surface area (Å²) in [4.78, 5) is 12.1. The summed E-state index contributed by atoms with van der Waals surface area (Å²) in [5, 5.41) is 14.1. The first-order valence-corrected chi connectivity index (χ1v) is 7.51. The standard InChI is InChI=1S/C17H22N2O2/c1-16(2)11-8-9-17(16,3)14(10-11)18-19-15(21)12-6-4-5-7-13(12)20/h4-7,11,20H,8-10H2,1-3H3,(H,19,21). The second kappa shape index (κ2) is 4.58. The van der Waals surface area contributed by atoms with Gasteiger partial charge in [-0.3, -0.25) is 4.79 Å². The minimum absolute atomic E-state index is 0.0188. The molecule has 21 heavy (non-hydrogen) atoms. The van der Waals surface area contributed by atoms with Gasteiger partial charge in [-0.05, 0) is 42.7 Å². The second-order valence-corrected chi connectivity index (χ2v) is 7.01. The van der Waals surface area contributed by atoms with Crippen LogP contribution in [0.25, 0.3) is 0 Å². The summed E-state index contributed by atoms with van der Waals surface area (Å²) in [6.45, 7) is 6.86. The van der Waals surface area contributed by atoms with Crippen LogP contribution in [0.5, 0.6) is 5.75 Å². The lowest BCUT2D eigenvalue weighted by molar-refractivity contribution is 0.0951. The van der Waals surface area contributed by atoms with E-state index in [0.29, 0.717) is 5.92 Å². The Kier molecular flexibility index (Phi) is 3.08. The largest absolute Gasteiger partial charge is 0.507 e. The maximum atomic E-state index is 12.1. The van der Waals surface area contributed by atoms with E-state index in [9.17, 15) is 9.90 Å². The van der Waals surface area contributed by atoms with Crippen molar-refractivity contribution in [1.29, 1.82) is 0 Å². The number of nitrogens with zero attached hydrogens (tertiary/aromatic N) is 1. The highest BCUT2D eigenvalue weighted by Crippen LogP contribution is 2.63. The summed E-state index contributed by atoms with van der Waals surface area (Å²) in [7, 11) is 0. The molecule has 1 aromatic rings. The molecule has 4 nitrogen and oxygen atoms in total. The van der Waals surface area contributed by atoms with E-state index in [1.165, 1.54) is 12.5 Å². The number of rotatable bonds is 2. The molecule has 2 atom stereocenters. The molecule has 2 aliphatic carbocycles. The van der Waals surface area contributed by atoms with E-state index >= 15 is 0 Å². The summed E-state index contributed by atoms with van der Waals surface area (Å²) in [6, 6.07) is 6.52. The molecule has 2 fully saturated rings. The number of fused-ring (bicyclic) bond motifs is 2. The number of hydrogen-bond acceptors (Lipinski definition) is 3. The van der Waals surface area contributed by atoms with Gasteiger partial charge in [0, 0.05) is 11.1 Å². The van der Waals surface area contributed by atoms with Crippen LogP contribution in [0.1, 0.15) is 50.4 Å². The van der Waals surface area contributed by atoms with Crippen LogP contribution in [-0.2, 0) is 0 Å². The third-order valence-corrected chi connectivity index (χ3v) is 5.95. The van der Waals surface area contributed by atoms with E-state index in [1.807, 2.05) is 0 Å². The van der Waals surface area contributed by atoms with Gasteiger partial charge in [0.25, 0.3) is 5.91 Å². The summed E-state index contributed by atoms with van der Waals surface area (Å²) < 4.78 is 0. The Balaban J connectivity index is 1.79. The summed E-state index contributed by atoms with van der Waals surface area (Å²) in [5.41, 5.74) is 4.28. The second-order valence-electron chi connectivity index (χ2n) is 7.01. The van der Waals surface area contributed by atoms with Crippen molar-refractivity contribution in [3.63, 3.8) is 0 Å². The predicted molar refractivity (Wildman–Crippen MR) is 82.2 cm³/mol. The SMILES string of the molecule is CC12CCC(CC1=NNC(=O)c1ccccc1O)C2(C)C. The molecule has 0 heterocycles. The van der Waals surface area contributed by atoms with Crippen LogP contribution in [0.3, 0.4) is 0 Å². The van der Waals surface area contributed by atoms with Crippen LogP contribution in [0.2, 0.25) is 0 Å². The van der Waals surface area contributed by atoms with Crippen molar-refractivity contribution >= 4 is 11.6 Å². The van der Waals surface area contributed by atoms with Gasteiger partial charge in [0.2, 0.25) is 0 Å². The number of nitrogens with one attached hydrogen (secondary N) is 1. The Bertz CT molecular complexity index is 621. The summed E-state index contributed by atoms with van der Waals surface area (Å²) >= 11 is 0. The molecule has 1 aromatic carbocycles. The Morgan fingerprint density at radius 3 is 2.62 bits per heavy atom. The monoisotopic (exact) mass is 286 g/mol. The molecule has 2 saturated carbocycles. The fourth-order valence-electron chi connectivity index (χ4n) is 3.94. The number of hydrogen-bond donors (Lipinski definition) is 2. The van der Waals surface area contributed by atoms with Gasteiger partial charge in [-0.1, -0.05) is 32.9 Å². The Hall–Kier alpha value is -1.84. The van der Waals surface area contributed by atoms with Crippen LogP contribution < -0.4 is 5.43 Å². The highest BCUT2D eigenvalue weighted by atomic mass is 16.3. The van der Waals surface area contributed by atoms with Crippen molar-refractivity contribution in [2.75, 3.05) is 0 Å². The molecule has 2 N–H and O–H groups in total. The number of amides is 1. The van der Waals surface area contributed by atoms with Gasteiger partial charge in [0.1, 0.15) is 5.75 Å². The number of benzene rings is 1. The fourth-order valence-corrected chi connectivity index (χ4v) is 3.94. The molecular formula is C17H22N2O2. The lowest BCUT2D eigenvalue weighted by Gasteiger charge is -2.34. The van der Waals surface area contributed by atoms with Crippen molar-refractivity contribution in [3.8, 4) is 5.75 Å². The lowest BCUT2D eigenvalue weighted by Crippen LogP contribution is -2.34. The highest BCUT2D eigenvalue weighted by molar-refractivity contribution is 5.99. The number of phenolic OH excluding ortho intramolecular Hbond substituents is 1. The normalized spacial score (nSPS) is 31.6. The van der Waals surface area contributed by atoms with Gasteiger partial charge in [0.05, 0.1) is 5.56 Å². The van der Waals surface area contributed by atoms with Crippen LogP contribution >= 0.6 is 0 Å². The van der Waals surface area contributed by atoms with E-state index in [4.69, 9.17) is 0 Å². The number of carbonyl (C=O) groups excluding carboxylic acids is 1. The molecule has 3 rings (SSSR count). The zero-order valence-corrected chi connectivity index (χ0v) is 12.8. The van der Waals surface area contributed by atoms with Crippen LogP contribution in [-0.4, -0.2) is 16.7 Å². The first kappa shape index (κ1) is 14.1. The van der Waals surface area contributed by atoms with Gasteiger partial charge in [-0.15, -0.1) is 0 Å². The third kappa shape index (κ3) is 1.96. The van der Waals surface area contributed by atoms with Crippen molar-refractivity contribution in [3.05, 3.63) is 29.8 Å². The number of carbonyl (C=O) groups is 1. The lowest BCUT2D eigenvalue weighted by atomic mass is 9.70. The molecule has 2 bridgehead atoms. The summed E-state index contributed by atoms with van der Waals surface area (Å²) in [5.74, 6) is 0.280. The highest BCUT2D eigenvalue weighted by Gasteiger charge is 2.60. The predicted octanol–water partition coefficient (Wildman–Crippen LogP) is 3.32. The molecule has 1 amide bonds. The van der Waals surface area contributed by atoms with Crippen LogP contribution in [0, 0.1) is 16.7 Å². The first-order valence-electron chi connectivity index (χ1n) is 7.51. The van der Waals surface area contributed by atoms with Crippen LogP contribution in [0.15, 0.2) is 29.4 Å². The average Bonchev–Trinajstić information content (AvgIpc) is 2.78.